The van der Waals surface area contributed by atoms with Gasteiger partial charge in [-0.05, 0) is 132 Å². The second-order valence-corrected chi connectivity index (χ2v) is 33.9. The van der Waals surface area contributed by atoms with Crippen molar-refractivity contribution >= 4 is 34.3 Å². The van der Waals surface area contributed by atoms with Crippen LogP contribution in [0, 0.1) is 29.6 Å². The molecule has 0 aromatic rings. The Morgan fingerprint density at radius 2 is 1.35 bits per heavy atom. The van der Waals surface area contributed by atoms with Crippen LogP contribution in [0.4, 0.5) is 0 Å². The Labute approximate surface area is 415 Å². The van der Waals surface area contributed by atoms with Crippen molar-refractivity contribution in [2.75, 3.05) is 27.9 Å². The van der Waals surface area contributed by atoms with Gasteiger partial charge in [0.05, 0.1) is 30.5 Å². The number of cyclic esters (lactones) is 1. The first-order valence-corrected chi connectivity index (χ1v) is 32.1. The molecule has 0 aromatic carbocycles. The number of esters is 1. The minimum atomic E-state index is -2.47. The average Bonchev–Trinajstić information content (AvgIpc) is 3.25. The molecule has 0 radical (unpaired) electrons. The van der Waals surface area contributed by atoms with E-state index in [0.717, 1.165) is 49.7 Å². The van der Waals surface area contributed by atoms with Crippen molar-refractivity contribution in [1.29, 1.82) is 0 Å². The number of carbonyl (C=O) groups is 3. The topological polar surface area (TPSA) is 119 Å². The first-order valence-electron chi connectivity index (χ1n) is 26.3. The smallest absolute Gasteiger partial charge is 0.329 e. The summed E-state index contributed by atoms with van der Waals surface area (Å²) >= 11 is 0. The summed E-state index contributed by atoms with van der Waals surface area (Å²) < 4.78 is 46.2. The summed E-state index contributed by atoms with van der Waals surface area (Å²) in [6.07, 6.45) is 11.4. The van der Waals surface area contributed by atoms with Crippen LogP contribution in [-0.2, 0) is 46.9 Å². The number of Topliss-reactive ketones (excluding diaryl/α,β-unsaturated/α-hetero) is 1. The number of fused-ring (bicyclic) bond motifs is 3. The van der Waals surface area contributed by atoms with Gasteiger partial charge in [-0.3, -0.25) is 9.59 Å². The molecule has 1 aliphatic carbocycles. The van der Waals surface area contributed by atoms with Crippen molar-refractivity contribution < 1.29 is 46.9 Å². The summed E-state index contributed by atoms with van der Waals surface area (Å²) in [5.41, 5.74) is 2.08. The number of nitrogens with zero attached hydrogens (tertiary/aromatic N) is 1. The van der Waals surface area contributed by atoms with Crippen LogP contribution >= 0.6 is 0 Å². The Morgan fingerprint density at radius 3 is 1.93 bits per heavy atom. The molecule has 3 fully saturated rings. The van der Waals surface area contributed by atoms with Crippen molar-refractivity contribution in [1.82, 2.24) is 4.90 Å². The summed E-state index contributed by atoms with van der Waals surface area (Å²) in [5, 5.41) is -0.0528. The first-order chi connectivity index (χ1) is 31.6. The average molecular weight is 989 g/mol. The van der Waals surface area contributed by atoms with Crippen LogP contribution in [0.1, 0.15) is 154 Å². The highest BCUT2D eigenvalue weighted by molar-refractivity contribution is 6.74. The van der Waals surface area contributed by atoms with E-state index in [1.807, 2.05) is 0 Å². The number of allylic oxidation sites excluding steroid dienone is 4. The Morgan fingerprint density at radius 1 is 0.765 bits per heavy atom. The third-order valence-corrected chi connectivity index (χ3v) is 25.9. The number of methoxy groups -OCH3 is 3. The van der Waals surface area contributed by atoms with Gasteiger partial charge >= 0.3 is 5.97 Å². The zero-order valence-corrected chi connectivity index (χ0v) is 48.3. The van der Waals surface area contributed by atoms with E-state index >= 15 is 0 Å². The lowest BCUT2D eigenvalue weighted by Gasteiger charge is -2.44. The summed E-state index contributed by atoms with van der Waals surface area (Å²) in [6, 6.07) is -0.779. The molecule has 3 heterocycles. The number of hydrogen-bond acceptors (Lipinski definition) is 10. The molecule has 13 heteroatoms. The minimum Gasteiger partial charge on any atom is -0.489 e. The monoisotopic (exact) mass is 988 g/mol. The van der Waals surface area contributed by atoms with Crippen LogP contribution in [-0.4, -0.2) is 116 Å². The molecule has 0 unspecified atom stereocenters. The zero-order valence-electron chi connectivity index (χ0n) is 46.3. The summed E-state index contributed by atoms with van der Waals surface area (Å²) in [4.78, 5) is 46.0. The van der Waals surface area contributed by atoms with E-state index in [4.69, 9.17) is 32.5 Å². The Balaban J connectivity index is 1.85. The summed E-state index contributed by atoms with van der Waals surface area (Å²) in [5.74, 6) is -0.364. The first kappa shape index (κ1) is 58.4. The molecule has 4 rings (SSSR count). The molecule has 68 heavy (non-hydrogen) atoms. The van der Waals surface area contributed by atoms with Crippen LogP contribution in [0.3, 0.4) is 0 Å². The van der Waals surface area contributed by atoms with Crippen LogP contribution in [0.2, 0.25) is 36.3 Å². The van der Waals surface area contributed by atoms with E-state index in [1.165, 1.54) is 0 Å². The van der Waals surface area contributed by atoms with Crippen LogP contribution in [0.5, 0.6) is 0 Å². The predicted octanol–water partition coefficient (Wildman–Crippen LogP) is 12.2. The lowest BCUT2D eigenvalue weighted by Crippen LogP contribution is -2.51. The van der Waals surface area contributed by atoms with Crippen LogP contribution in [0.15, 0.2) is 35.1 Å². The van der Waals surface area contributed by atoms with Gasteiger partial charge in [0.15, 0.2) is 22.7 Å². The molecule has 0 aromatic heterocycles. The van der Waals surface area contributed by atoms with Crippen molar-refractivity contribution in [3.05, 3.63) is 35.1 Å². The lowest BCUT2D eigenvalue weighted by atomic mass is 9.81. The quantitative estimate of drug-likeness (QED) is 0.119. The number of hydrogen-bond donors (Lipinski definition) is 0. The van der Waals surface area contributed by atoms with Gasteiger partial charge in [-0.15, -0.1) is 0 Å². The summed E-state index contributed by atoms with van der Waals surface area (Å²) in [6.45, 7) is 35.6. The van der Waals surface area contributed by atoms with Gasteiger partial charge in [-0.2, -0.15) is 0 Å². The number of amides is 1. The molecule has 3 aliphatic heterocycles. The maximum Gasteiger partial charge on any atom is 0.329 e. The highest BCUT2D eigenvalue weighted by Crippen LogP contribution is 2.43. The molecule has 1 amide bonds. The third-order valence-electron chi connectivity index (χ3n) is 16.9. The molecular formula is C55H97NO10Si2. The third kappa shape index (κ3) is 15.0. The lowest BCUT2D eigenvalue weighted by molar-refractivity contribution is -0.162. The van der Waals surface area contributed by atoms with Crippen molar-refractivity contribution in [2.45, 2.75) is 239 Å². The molecule has 13 atom stereocenters. The molecule has 0 spiro atoms. The van der Waals surface area contributed by atoms with Gasteiger partial charge in [-0.25, -0.2) is 4.79 Å². The second-order valence-electron chi connectivity index (χ2n) is 24.4. The van der Waals surface area contributed by atoms with Crippen LogP contribution < -0.4 is 0 Å². The van der Waals surface area contributed by atoms with Gasteiger partial charge in [0.1, 0.15) is 23.7 Å². The van der Waals surface area contributed by atoms with E-state index in [1.54, 1.807) is 32.3 Å². The van der Waals surface area contributed by atoms with Gasteiger partial charge < -0.3 is 37.4 Å². The molecular weight excluding hydrogens is 891 g/mol. The van der Waals surface area contributed by atoms with Gasteiger partial charge in [-0.1, -0.05) is 87.0 Å². The normalized spacial score (nSPS) is 35.8. The molecule has 4 aliphatic rings. The number of ketones is 1. The molecule has 0 N–H and O–H groups in total. The largest absolute Gasteiger partial charge is 0.489 e. The predicted molar refractivity (Wildman–Crippen MR) is 278 cm³/mol. The SMILES string of the molecule is CC[C@@H]1/C=C(\C)C[C@H](C)C[C@H](OC)[C@H]2O/C(=C\C(=O)N3CCCC[C@H]3C(=O)O[C@H](/C(C)=C/[C@@H]3CC[C@@H](O[Si](C)(C)C(C)(C)C)[C@H](OC)C3)[C@H](C)[C@@H](O[Si](C)(C)C(C)(C)C)CC1=O)[C@@H](C)C[C@@H]2OC. The molecule has 390 valence electrons. The number of rotatable bonds is 10. The highest BCUT2D eigenvalue weighted by Gasteiger charge is 2.46. The molecule has 1 saturated carbocycles. The van der Waals surface area contributed by atoms with Crippen molar-refractivity contribution in [3.63, 3.8) is 0 Å². The molecule has 11 nitrogen and oxygen atoms in total. The van der Waals surface area contributed by atoms with Crippen LogP contribution in [0.25, 0.3) is 0 Å². The Kier molecular flexibility index (Phi) is 21.1. The fourth-order valence-corrected chi connectivity index (χ4v) is 13.3. The van der Waals surface area contributed by atoms with E-state index in [0.29, 0.717) is 38.0 Å². The van der Waals surface area contributed by atoms with Crippen molar-refractivity contribution in [2.24, 2.45) is 29.6 Å². The highest BCUT2D eigenvalue weighted by atomic mass is 28.4. The standard InChI is InChI=1S/C55H97NO10Si2/c1-20-41-28-35(2)27-36(3)29-48(61-14)52-49(62-15)31-37(4)45(63-52)34-50(58)56-26-22-21-23-42(56)53(59)64-51(39(6)46(33-43(41)57)66-68(18,19)55(10,11)12)38(5)30-40-24-25-44(47(32-40)60-13)65-67(16,17)54(7,8)9/h28,30,34,36-37,39-42,44,46-49,51-52H,20-27,29,31-33H2,1-19H3/b35-28+,38-30+,45-34-/t36-,37-,39+,40-,41+,42-,44+,46-,47+,48-,49-,51+,52+/m0/s1. The number of carbonyl (C=O) groups excluding carboxylic acids is 3. The fraction of sp³-hybridized carbons (Fsp3) is 0.836. The Bertz CT molecular complexity index is 1780. The van der Waals surface area contributed by atoms with Gasteiger partial charge in [0, 0.05) is 58.1 Å². The van der Waals surface area contributed by atoms with Crippen molar-refractivity contribution in [3.8, 4) is 0 Å². The van der Waals surface area contributed by atoms with E-state index in [2.05, 4.69) is 121 Å². The fourth-order valence-electron chi connectivity index (χ4n) is 10.5. The second kappa shape index (κ2) is 24.5. The Hall–Kier alpha value is -2.14. The van der Waals surface area contributed by atoms with Gasteiger partial charge in [0.2, 0.25) is 0 Å². The maximum absolute atomic E-state index is 15.0. The van der Waals surface area contributed by atoms with Gasteiger partial charge in [0.25, 0.3) is 5.91 Å². The summed E-state index contributed by atoms with van der Waals surface area (Å²) in [7, 11) is 0.686. The molecule has 2 saturated heterocycles. The number of piperidine rings is 1. The van der Waals surface area contributed by atoms with E-state index < -0.39 is 47.0 Å². The molecule has 2 bridgehead atoms. The minimum absolute atomic E-state index is 0.0121. The van der Waals surface area contributed by atoms with E-state index in [9.17, 15) is 14.4 Å². The maximum atomic E-state index is 15.0. The zero-order chi connectivity index (χ0) is 51.1. The van der Waals surface area contributed by atoms with E-state index in [-0.39, 0.29) is 82.2 Å². The number of ether oxygens (including phenoxy) is 5.